The number of ether oxygens (including phenoxy) is 2. The van der Waals surface area contributed by atoms with E-state index in [2.05, 4.69) is 11.6 Å². The first kappa shape index (κ1) is 23.8. The summed E-state index contributed by atoms with van der Waals surface area (Å²) in [5.41, 5.74) is 1.89. The number of Topliss-reactive ketones (excluding diaryl/α,β-unsaturated/α-hetero) is 1. The van der Waals surface area contributed by atoms with E-state index in [1.807, 2.05) is 13.0 Å². The lowest BCUT2D eigenvalue weighted by Crippen LogP contribution is -2.29. The summed E-state index contributed by atoms with van der Waals surface area (Å²) in [6.45, 7) is 6.56. The van der Waals surface area contributed by atoms with Crippen molar-refractivity contribution < 1.29 is 24.2 Å². The van der Waals surface area contributed by atoms with Crippen molar-refractivity contribution >= 4 is 17.4 Å². The normalized spacial score (nSPS) is 16.8. The number of amides is 1. The maximum absolute atomic E-state index is 13.2. The van der Waals surface area contributed by atoms with E-state index in [1.54, 1.807) is 73.1 Å². The monoisotopic (exact) mass is 470 g/mol. The SMILES string of the molecule is C=CCOc1ccc([C@@H]2C(=C(O)c3ccc(OCC)cc3)C(=O)C(=O)N2Cc2cccnc2)cc1. The van der Waals surface area contributed by atoms with Crippen LogP contribution in [-0.4, -0.2) is 39.9 Å². The number of aliphatic hydroxyl groups excluding tert-OH is 1. The molecule has 0 spiro atoms. The van der Waals surface area contributed by atoms with Crippen LogP contribution in [0.25, 0.3) is 5.76 Å². The van der Waals surface area contributed by atoms with Gasteiger partial charge in [0.2, 0.25) is 0 Å². The number of pyridine rings is 1. The van der Waals surface area contributed by atoms with Crippen molar-refractivity contribution in [2.75, 3.05) is 13.2 Å². The third-order valence-corrected chi connectivity index (χ3v) is 5.62. The maximum atomic E-state index is 13.2. The van der Waals surface area contributed by atoms with Gasteiger partial charge in [-0.25, -0.2) is 0 Å². The van der Waals surface area contributed by atoms with Crippen molar-refractivity contribution in [1.29, 1.82) is 0 Å². The predicted octanol–water partition coefficient (Wildman–Crippen LogP) is 4.67. The average molecular weight is 471 g/mol. The van der Waals surface area contributed by atoms with Crippen LogP contribution < -0.4 is 9.47 Å². The molecule has 0 saturated carbocycles. The van der Waals surface area contributed by atoms with E-state index in [0.717, 1.165) is 5.56 Å². The zero-order valence-electron chi connectivity index (χ0n) is 19.4. The molecule has 4 rings (SSSR count). The van der Waals surface area contributed by atoms with Crippen molar-refractivity contribution in [3.05, 3.63) is 108 Å². The Hall–Kier alpha value is -4.39. The number of benzene rings is 2. The Labute approximate surface area is 203 Å². The van der Waals surface area contributed by atoms with Gasteiger partial charge in [0.1, 0.15) is 23.9 Å². The summed E-state index contributed by atoms with van der Waals surface area (Å²) in [4.78, 5) is 31.9. The van der Waals surface area contributed by atoms with E-state index in [-0.39, 0.29) is 17.9 Å². The molecule has 1 amide bonds. The number of likely N-dealkylation sites (tertiary alicyclic amines) is 1. The second kappa shape index (κ2) is 10.7. The fourth-order valence-electron chi connectivity index (χ4n) is 4.01. The van der Waals surface area contributed by atoms with E-state index >= 15 is 0 Å². The van der Waals surface area contributed by atoms with E-state index in [4.69, 9.17) is 9.47 Å². The van der Waals surface area contributed by atoms with Crippen LogP contribution in [0.4, 0.5) is 0 Å². The van der Waals surface area contributed by atoms with Gasteiger partial charge in [0.15, 0.2) is 0 Å². The molecule has 1 aromatic heterocycles. The van der Waals surface area contributed by atoms with Gasteiger partial charge in [0.25, 0.3) is 11.7 Å². The summed E-state index contributed by atoms with van der Waals surface area (Å²) in [5, 5.41) is 11.2. The number of carbonyl (C=O) groups is 2. The molecule has 1 aliphatic heterocycles. The van der Waals surface area contributed by atoms with Crippen molar-refractivity contribution in [3.63, 3.8) is 0 Å². The molecule has 2 heterocycles. The molecule has 7 nitrogen and oxygen atoms in total. The lowest BCUT2D eigenvalue weighted by molar-refractivity contribution is -0.140. The minimum atomic E-state index is -0.782. The topological polar surface area (TPSA) is 89.0 Å². The number of aromatic nitrogens is 1. The van der Waals surface area contributed by atoms with Crippen molar-refractivity contribution in [3.8, 4) is 11.5 Å². The summed E-state index contributed by atoms with van der Waals surface area (Å²) < 4.78 is 11.0. The predicted molar refractivity (Wildman–Crippen MR) is 132 cm³/mol. The number of aliphatic hydroxyl groups is 1. The van der Waals surface area contributed by atoms with Crippen LogP contribution >= 0.6 is 0 Å². The minimum absolute atomic E-state index is 0.0304. The van der Waals surface area contributed by atoms with Gasteiger partial charge in [0, 0.05) is 24.5 Å². The van der Waals surface area contributed by atoms with Crippen LogP contribution in [-0.2, 0) is 16.1 Å². The molecule has 1 fully saturated rings. The molecule has 1 N–H and O–H groups in total. The quantitative estimate of drug-likeness (QED) is 0.212. The lowest BCUT2D eigenvalue weighted by atomic mass is 9.95. The van der Waals surface area contributed by atoms with Crippen LogP contribution in [0.1, 0.15) is 29.7 Å². The molecule has 0 unspecified atom stereocenters. The van der Waals surface area contributed by atoms with Crippen molar-refractivity contribution in [2.45, 2.75) is 19.5 Å². The molecule has 0 bridgehead atoms. The summed E-state index contributed by atoms with van der Waals surface area (Å²) in [6.07, 6.45) is 4.94. The highest BCUT2D eigenvalue weighted by Gasteiger charge is 2.46. The molecule has 3 aromatic rings. The van der Waals surface area contributed by atoms with E-state index in [9.17, 15) is 14.7 Å². The Morgan fingerprint density at radius 1 is 1.06 bits per heavy atom. The van der Waals surface area contributed by atoms with E-state index in [1.165, 1.54) is 4.90 Å². The molecule has 1 atom stereocenters. The highest BCUT2D eigenvalue weighted by atomic mass is 16.5. The number of carbonyl (C=O) groups excluding carboxylic acids is 2. The van der Waals surface area contributed by atoms with E-state index < -0.39 is 17.7 Å². The van der Waals surface area contributed by atoms with Gasteiger partial charge in [-0.2, -0.15) is 0 Å². The molecule has 178 valence electrons. The van der Waals surface area contributed by atoms with Crippen molar-refractivity contribution in [1.82, 2.24) is 9.88 Å². The number of ketones is 1. The van der Waals surface area contributed by atoms with E-state index in [0.29, 0.717) is 35.8 Å². The van der Waals surface area contributed by atoms with Gasteiger partial charge in [-0.1, -0.05) is 30.9 Å². The highest BCUT2D eigenvalue weighted by molar-refractivity contribution is 6.46. The lowest BCUT2D eigenvalue weighted by Gasteiger charge is -2.25. The second-order valence-electron chi connectivity index (χ2n) is 7.91. The molecule has 2 aromatic carbocycles. The van der Waals surface area contributed by atoms with Gasteiger partial charge in [-0.05, 0) is 60.5 Å². The zero-order chi connectivity index (χ0) is 24.8. The van der Waals surface area contributed by atoms with Crippen LogP contribution in [0.3, 0.4) is 0 Å². The third-order valence-electron chi connectivity index (χ3n) is 5.62. The first-order chi connectivity index (χ1) is 17.0. The smallest absolute Gasteiger partial charge is 0.295 e. The zero-order valence-corrected chi connectivity index (χ0v) is 19.4. The Kier molecular flexibility index (Phi) is 7.26. The molecular weight excluding hydrogens is 444 g/mol. The van der Waals surface area contributed by atoms with Gasteiger partial charge in [-0.15, -0.1) is 0 Å². The maximum Gasteiger partial charge on any atom is 0.295 e. The molecule has 7 heteroatoms. The van der Waals surface area contributed by atoms with Gasteiger partial charge >= 0.3 is 0 Å². The summed E-state index contributed by atoms with van der Waals surface area (Å²) in [7, 11) is 0. The largest absolute Gasteiger partial charge is 0.507 e. The number of hydrogen-bond donors (Lipinski definition) is 1. The van der Waals surface area contributed by atoms with Crippen LogP contribution in [0.5, 0.6) is 11.5 Å². The number of rotatable bonds is 9. The second-order valence-corrected chi connectivity index (χ2v) is 7.91. The molecule has 0 aliphatic carbocycles. The number of hydrogen-bond acceptors (Lipinski definition) is 6. The third kappa shape index (κ3) is 5.09. The van der Waals surface area contributed by atoms with Crippen LogP contribution in [0.15, 0.2) is 91.3 Å². The Morgan fingerprint density at radius 2 is 1.74 bits per heavy atom. The Balaban J connectivity index is 1.78. The minimum Gasteiger partial charge on any atom is -0.507 e. The Morgan fingerprint density at radius 3 is 2.37 bits per heavy atom. The summed E-state index contributed by atoms with van der Waals surface area (Å²) in [6, 6.07) is 16.7. The molecular formula is C28H26N2O5. The first-order valence-electron chi connectivity index (χ1n) is 11.3. The Bertz CT molecular complexity index is 1230. The first-order valence-corrected chi connectivity index (χ1v) is 11.3. The average Bonchev–Trinajstić information content (AvgIpc) is 3.13. The van der Waals surface area contributed by atoms with Crippen molar-refractivity contribution in [2.24, 2.45) is 0 Å². The van der Waals surface area contributed by atoms with Gasteiger partial charge in [-0.3, -0.25) is 14.6 Å². The fraction of sp³-hybridized carbons (Fsp3) is 0.179. The molecule has 1 aliphatic rings. The standard InChI is InChI=1S/C28H26N2O5/c1-3-16-35-23-11-7-20(8-12-23)25-24(26(31)21-9-13-22(14-10-21)34-4-2)27(32)28(33)30(25)18-19-6-5-15-29-17-19/h3,5-15,17,25,31H,1,4,16,18H2,2H3/t25-/m1/s1. The van der Waals surface area contributed by atoms with Gasteiger partial charge in [0.05, 0.1) is 18.2 Å². The van der Waals surface area contributed by atoms with Crippen LogP contribution in [0.2, 0.25) is 0 Å². The number of nitrogens with zero attached hydrogens (tertiary/aromatic N) is 2. The van der Waals surface area contributed by atoms with Gasteiger partial charge < -0.3 is 19.5 Å². The highest BCUT2D eigenvalue weighted by Crippen LogP contribution is 2.40. The summed E-state index contributed by atoms with van der Waals surface area (Å²) in [5.74, 6) is -0.384. The molecule has 1 saturated heterocycles. The fourth-order valence-corrected chi connectivity index (χ4v) is 4.01. The molecule has 35 heavy (non-hydrogen) atoms. The molecule has 0 radical (unpaired) electrons. The van der Waals surface area contributed by atoms with Crippen LogP contribution in [0, 0.1) is 0 Å². The summed E-state index contributed by atoms with van der Waals surface area (Å²) >= 11 is 0.